The fourth-order valence-electron chi connectivity index (χ4n) is 3.13. The van der Waals surface area contributed by atoms with E-state index in [-0.39, 0.29) is 5.54 Å². The summed E-state index contributed by atoms with van der Waals surface area (Å²) in [5, 5.41) is 1.23. The first-order valence-electron chi connectivity index (χ1n) is 7.56. The zero-order valence-electron chi connectivity index (χ0n) is 13.1. The van der Waals surface area contributed by atoms with Crippen LogP contribution in [0.3, 0.4) is 0 Å². The minimum absolute atomic E-state index is 0.121. The first-order valence-corrected chi connectivity index (χ1v) is 7.56. The van der Waals surface area contributed by atoms with Gasteiger partial charge in [0.05, 0.1) is 20.3 Å². The lowest BCUT2D eigenvalue weighted by atomic mass is 10.0. The summed E-state index contributed by atoms with van der Waals surface area (Å²) in [7, 11) is 1.71. The SMILES string of the molecule is COc1ccc2c(ccn2CC(C)(C)N2CCOCC2)c1. The summed E-state index contributed by atoms with van der Waals surface area (Å²) in [4.78, 5) is 2.52. The Morgan fingerprint density at radius 2 is 1.95 bits per heavy atom. The molecular formula is C17H24N2O2. The second-order valence-corrected chi connectivity index (χ2v) is 6.28. The van der Waals surface area contributed by atoms with E-state index in [0.717, 1.165) is 38.6 Å². The van der Waals surface area contributed by atoms with Crippen molar-refractivity contribution in [2.75, 3.05) is 33.4 Å². The third-order valence-electron chi connectivity index (χ3n) is 4.40. The normalized spacial score (nSPS) is 17.3. The molecule has 0 atom stereocenters. The molecule has 0 N–H and O–H groups in total. The molecule has 1 aliphatic heterocycles. The van der Waals surface area contributed by atoms with Gasteiger partial charge in [-0.2, -0.15) is 0 Å². The summed E-state index contributed by atoms with van der Waals surface area (Å²) in [5.74, 6) is 0.910. The quantitative estimate of drug-likeness (QED) is 0.865. The van der Waals surface area contributed by atoms with E-state index in [1.165, 1.54) is 10.9 Å². The molecule has 0 unspecified atom stereocenters. The van der Waals surface area contributed by atoms with Gasteiger partial charge in [-0.25, -0.2) is 0 Å². The van der Waals surface area contributed by atoms with Crippen molar-refractivity contribution in [2.24, 2.45) is 0 Å². The van der Waals surface area contributed by atoms with Gasteiger partial charge in [-0.15, -0.1) is 0 Å². The molecule has 0 aliphatic carbocycles. The van der Waals surface area contributed by atoms with Crippen molar-refractivity contribution in [3.8, 4) is 5.75 Å². The summed E-state index contributed by atoms with van der Waals surface area (Å²) in [5.41, 5.74) is 1.38. The fraction of sp³-hybridized carbons (Fsp3) is 0.529. The van der Waals surface area contributed by atoms with Crippen LogP contribution in [0.2, 0.25) is 0 Å². The molecule has 2 aromatic rings. The lowest BCUT2D eigenvalue weighted by Crippen LogP contribution is -2.51. The first-order chi connectivity index (χ1) is 10.1. The summed E-state index contributed by atoms with van der Waals surface area (Å²) < 4.78 is 13.1. The van der Waals surface area contributed by atoms with E-state index in [4.69, 9.17) is 9.47 Å². The lowest BCUT2D eigenvalue weighted by molar-refractivity contribution is -0.0152. The molecule has 114 valence electrons. The van der Waals surface area contributed by atoms with Crippen LogP contribution in [0.4, 0.5) is 0 Å². The molecule has 4 nitrogen and oxygen atoms in total. The Morgan fingerprint density at radius 1 is 1.19 bits per heavy atom. The molecular weight excluding hydrogens is 264 g/mol. The molecule has 2 heterocycles. The highest BCUT2D eigenvalue weighted by Gasteiger charge is 2.28. The van der Waals surface area contributed by atoms with Gasteiger partial charge in [0.1, 0.15) is 5.75 Å². The van der Waals surface area contributed by atoms with Crippen LogP contribution in [-0.4, -0.2) is 48.4 Å². The predicted molar refractivity (Wildman–Crippen MR) is 85.0 cm³/mol. The lowest BCUT2D eigenvalue weighted by Gasteiger charge is -2.41. The molecule has 0 saturated carbocycles. The Hall–Kier alpha value is -1.52. The third kappa shape index (κ3) is 2.92. The molecule has 0 amide bonds. The van der Waals surface area contributed by atoms with Gasteiger partial charge in [0.15, 0.2) is 0 Å². The standard InChI is InChI=1S/C17H24N2O2/c1-17(2,19-8-10-21-11-9-19)13-18-7-6-14-12-15(20-3)4-5-16(14)18/h4-7,12H,8-11,13H2,1-3H3. The smallest absolute Gasteiger partial charge is 0.119 e. The number of aromatic nitrogens is 1. The maximum absolute atomic E-state index is 5.46. The number of morpholine rings is 1. The first kappa shape index (κ1) is 14.4. The van der Waals surface area contributed by atoms with Crippen LogP contribution in [0.1, 0.15) is 13.8 Å². The van der Waals surface area contributed by atoms with E-state index >= 15 is 0 Å². The molecule has 1 aromatic carbocycles. The number of hydrogen-bond donors (Lipinski definition) is 0. The molecule has 1 saturated heterocycles. The third-order valence-corrected chi connectivity index (χ3v) is 4.40. The van der Waals surface area contributed by atoms with Crippen LogP contribution in [0.15, 0.2) is 30.5 Å². The van der Waals surface area contributed by atoms with Crippen molar-refractivity contribution < 1.29 is 9.47 Å². The number of benzene rings is 1. The maximum atomic E-state index is 5.46. The molecule has 0 bridgehead atoms. The molecule has 21 heavy (non-hydrogen) atoms. The fourth-order valence-corrected chi connectivity index (χ4v) is 3.13. The van der Waals surface area contributed by atoms with E-state index < -0.39 is 0 Å². The molecule has 3 rings (SSSR count). The maximum Gasteiger partial charge on any atom is 0.119 e. The Bertz CT molecular complexity index is 612. The topological polar surface area (TPSA) is 26.6 Å². The molecule has 1 aliphatic rings. The average molecular weight is 288 g/mol. The van der Waals surface area contributed by atoms with E-state index in [0.29, 0.717) is 0 Å². The molecule has 0 radical (unpaired) electrons. The number of hydrogen-bond acceptors (Lipinski definition) is 3. The Labute approximate surface area is 126 Å². The van der Waals surface area contributed by atoms with Crippen LogP contribution in [-0.2, 0) is 11.3 Å². The predicted octanol–water partition coefficient (Wildman–Crippen LogP) is 2.76. The number of methoxy groups -OCH3 is 1. The summed E-state index contributed by atoms with van der Waals surface area (Å²) in [6, 6.07) is 8.42. The number of ether oxygens (including phenoxy) is 2. The van der Waals surface area contributed by atoms with Crippen molar-refractivity contribution in [1.29, 1.82) is 0 Å². The van der Waals surface area contributed by atoms with Crippen LogP contribution in [0.5, 0.6) is 5.75 Å². The highest BCUT2D eigenvalue weighted by molar-refractivity contribution is 5.81. The minimum Gasteiger partial charge on any atom is -0.497 e. The minimum atomic E-state index is 0.121. The monoisotopic (exact) mass is 288 g/mol. The number of rotatable bonds is 4. The second kappa shape index (κ2) is 5.70. The van der Waals surface area contributed by atoms with Crippen LogP contribution < -0.4 is 4.74 Å². The largest absolute Gasteiger partial charge is 0.497 e. The van der Waals surface area contributed by atoms with Crippen molar-refractivity contribution in [1.82, 2.24) is 9.47 Å². The zero-order chi connectivity index (χ0) is 14.9. The zero-order valence-corrected chi connectivity index (χ0v) is 13.1. The van der Waals surface area contributed by atoms with E-state index in [9.17, 15) is 0 Å². The highest BCUT2D eigenvalue weighted by atomic mass is 16.5. The summed E-state index contributed by atoms with van der Waals surface area (Å²) in [6.07, 6.45) is 2.17. The van der Waals surface area contributed by atoms with E-state index in [2.05, 4.69) is 47.7 Å². The molecule has 0 spiro atoms. The van der Waals surface area contributed by atoms with Crippen molar-refractivity contribution in [2.45, 2.75) is 25.9 Å². The van der Waals surface area contributed by atoms with Gasteiger partial charge >= 0.3 is 0 Å². The molecule has 1 aromatic heterocycles. The van der Waals surface area contributed by atoms with Gasteiger partial charge in [0, 0.05) is 42.3 Å². The summed E-state index contributed by atoms with van der Waals surface area (Å²) in [6.45, 7) is 9.31. The Kier molecular flexibility index (Phi) is 3.91. The highest BCUT2D eigenvalue weighted by Crippen LogP contribution is 2.25. The van der Waals surface area contributed by atoms with Gasteiger partial charge in [-0.1, -0.05) is 0 Å². The number of nitrogens with zero attached hydrogens (tertiary/aromatic N) is 2. The van der Waals surface area contributed by atoms with Gasteiger partial charge in [-0.3, -0.25) is 4.90 Å². The van der Waals surface area contributed by atoms with Gasteiger partial charge in [0.2, 0.25) is 0 Å². The van der Waals surface area contributed by atoms with Crippen molar-refractivity contribution >= 4 is 10.9 Å². The van der Waals surface area contributed by atoms with E-state index in [1.54, 1.807) is 7.11 Å². The van der Waals surface area contributed by atoms with Crippen molar-refractivity contribution in [3.05, 3.63) is 30.5 Å². The molecule has 1 fully saturated rings. The average Bonchev–Trinajstić information content (AvgIpc) is 2.90. The molecule has 4 heteroatoms. The summed E-state index contributed by atoms with van der Waals surface area (Å²) >= 11 is 0. The van der Waals surface area contributed by atoms with Crippen LogP contribution >= 0.6 is 0 Å². The van der Waals surface area contributed by atoms with Crippen LogP contribution in [0, 0.1) is 0 Å². The van der Waals surface area contributed by atoms with Gasteiger partial charge < -0.3 is 14.0 Å². The Morgan fingerprint density at radius 3 is 2.67 bits per heavy atom. The van der Waals surface area contributed by atoms with Crippen LogP contribution in [0.25, 0.3) is 10.9 Å². The Balaban J connectivity index is 1.83. The number of fused-ring (bicyclic) bond motifs is 1. The second-order valence-electron chi connectivity index (χ2n) is 6.28. The van der Waals surface area contributed by atoms with Gasteiger partial charge in [-0.05, 0) is 38.1 Å². The van der Waals surface area contributed by atoms with E-state index in [1.807, 2.05) is 6.07 Å². The van der Waals surface area contributed by atoms with Crippen molar-refractivity contribution in [3.63, 3.8) is 0 Å². The van der Waals surface area contributed by atoms with Gasteiger partial charge in [0.25, 0.3) is 0 Å².